The Kier molecular flexibility index (Phi) is 2.77. The minimum atomic E-state index is 0.0674. The third-order valence-corrected chi connectivity index (χ3v) is 4.31. The lowest BCUT2D eigenvalue weighted by molar-refractivity contribution is 0.0890. The summed E-state index contributed by atoms with van der Waals surface area (Å²) in [6.45, 7) is 4.04. The van der Waals surface area contributed by atoms with E-state index in [0.717, 1.165) is 25.1 Å². The van der Waals surface area contributed by atoms with Gasteiger partial charge in [-0.25, -0.2) is 0 Å². The van der Waals surface area contributed by atoms with Crippen LogP contribution in [0.2, 0.25) is 0 Å². The molecule has 0 atom stereocenters. The number of carbonyl (C=O) groups excluding carboxylic acids is 1. The molecule has 1 fully saturated rings. The third-order valence-electron chi connectivity index (χ3n) is 4.31. The minimum absolute atomic E-state index is 0.0674. The van der Waals surface area contributed by atoms with Crippen LogP contribution in [-0.2, 0) is 6.42 Å². The molecule has 0 radical (unpaired) electrons. The largest absolute Gasteiger partial charge is 0.384 e. The van der Waals surface area contributed by atoms with E-state index in [9.17, 15) is 4.79 Å². The van der Waals surface area contributed by atoms with Gasteiger partial charge in [-0.2, -0.15) is 0 Å². The molecule has 1 aliphatic carbocycles. The zero-order valence-electron chi connectivity index (χ0n) is 10.9. The van der Waals surface area contributed by atoms with Gasteiger partial charge in [0.1, 0.15) is 0 Å². The van der Waals surface area contributed by atoms with Crippen LogP contribution in [0.5, 0.6) is 0 Å². The summed E-state index contributed by atoms with van der Waals surface area (Å²) in [4.78, 5) is 12.1. The van der Waals surface area contributed by atoms with Crippen LogP contribution in [0.4, 0.5) is 5.69 Å². The predicted molar refractivity (Wildman–Crippen MR) is 72.9 cm³/mol. The number of fused-ring (bicyclic) bond motifs is 1. The van der Waals surface area contributed by atoms with Gasteiger partial charge in [0.25, 0.3) is 5.91 Å². The highest BCUT2D eigenvalue weighted by atomic mass is 16.1. The van der Waals surface area contributed by atoms with Crippen LogP contribution < -0.4 is 10.6 Å². The first kappa shape index (κ1) is 11.6. The number of nitrogens with one attached hydrogen (secondary N) is 2. The lowest BCUT2D eigenvalue weighted by Crippen LogP contribution is -2.39. The summed E-state index contributed by atoms with van der Waals surface area (Å²) in [5.74, 6) is 0.0674. The Balaban J connectivity index is 1.65. The maximum absolute atomic E-state index is 12.1. The van der Waals surface area contributed by atoms with Crippen LogP contribution in [0, 0.1) is 5.41 Å². The summed E-state index contributed by atoms with van der Waals surface area (Å²) in [6, 6.07) is 5.95. The first-order valence-corrected chi connectivity index (χ1v) is 6.81. The lowest BCUT2D eigenvalue weighted by Gasteiger charge is -2.38. The van der Waals surface area contributed by atoms with Crippen molar-refractivity contribution in [1.29, 1.82) is 0 Å². The van der Waals surface area contributed by atoms with E-state index >= 15 is 0 Å². The monoisotopic (exact) mass is 244 g/mol. The maximum atomic E-state index is 12.1. The van der Waals surface area contributed by atoms with E-state index in [-0.39, 0.29) is 5.91 Å². The smallest absolute Gasteiger partial charge is 0.251 e. The average molecular weight is 244 g/mol. The van der Waals surface area contributed by atoms with Gasteiger partial charge in [-0.3, -0.25) is 4.79 Å². The van der Waals surface area contributed by atoms with Crippen LogP contribution in [0.15, 0.2) is 18.2 Å². The molecule has 1 aromatic carbocycles. The number of anilines is 1. The normalized spacial score (nSPS) is 19.6. The second-order valence-corrected chi connectivity index (χ2v) is 5.90. The average Bonchev–Trinajstić information content (AvgIpc) is 2.80. The number of hydrogen-bond acceptors (Lipinski definition) is 2. The van der Waals surface area contributed by atoms with E-state index in [2.05, 4.69) is 17.6 Å². The van der Waals surface area contributed by atoms with Crippen molar-refractivity contribution in [2.75, 3.05) is 18.4 Å². The van der Waals surface area contributed by atoms with Crippen LogP contribution in [-0.4, -0.2) is 19.0 Å². The molecule has 3 nitrogen and oxygen atoms in total. The molecule has 2 aliphatic rings. The number of rotatable bonds is 3. The molecule has 1 aliphatic heterocycles. The quantitative estimate of drug-likeness (QED) is 0.858. The van der Waals surface area contributed by atoms with Crippen LogP contribution >= 0.6 is 0 Å². The third kappa shape index (κ3) is 2.09. The Labute approximate surface area is 108 Å². The van der Waals surface area contributed by atoms with Gasteiger partial charge in [0.15, 0.2) is 0 Å². The predicted octanol–water partition coefficient (Wildman–Crippen LogP) is 2.57. The molecule has 3 rings (SSSR count). The molecule has 96 valence electrons. The highest BCUT2D eigenvalue weighted by molar-refractivity contribution is 5.95. The van der Waals surface area contributed by atoms with Crippen molar-refractivity contribution in [3.05, 3.63) is 29.3 Å². The van der Waals surface area contributed by atoms with Gasteiger partial charge in [0.2, 0.25) is 0 Å². The van der Waals surface area contributed by atoms with Gasteiger partial charge in [0.05, 0.1) is 0 Å². The molecular formula is C15H20N2O. The van der Waals surface area contributed by atoms with E-state index in [1.807, 2.05) is 18.2 Å². The van der Waals surface area contributed by atoms with E-state index in [1.165, 1.54) is 30.5 Å². The molecule has 0 aromatic heterocycles. The van der Waals surface area contributed by atoms with Crippen LogP contribution in [0.25, 0.3) is 0 Å². The van der Waals surface area contributed by atoms with E-state index in [1.54, 1.807) is 0 Å². The van der Waals surface area contributed by atoms with Crippen molar-refractivity contribution in [3.8, 4) is 0 Å². The zero-order valence-corrected chi connectivity index (χ0v) is 10.9. The first-order valence-electron chi connectivity index (χ1n) is 6.81. The lowest BCUT2D eigenvalue weighted by atomic mass is 9.70. The molecule has 0 unspecified atom stereocenters. The zero-order chi connectivity index (χ0) is 12.6. The Morgan fingerprint density at radius 2 is 2.28 bits per heavy atom. The summed E-state index contributed by atoms with van der Waals surface area (Å²) in [7, 11) is 0. The minimum Gasteiger partial charge on any atom is -0.384 e. The fourth-order valence-electron chi connectivity index (χ4n) is 2.80. The SMILES string of the molecule is CC1(CNC(=O)c2ccc3c(c2)CCN3)CCC1. The van der Waals surface area contributed by atoms with Crippen molar-refractivity contribution < 1.29 is 4.79 Å². The highest BCUT2D eigenvalue weighted by Crippen LogP contribution is 2.39. The van der Waals surface area contributed by atoms with E-state index in [4.69, 9.17) is 0 Å². The Morgan fingerprint density at radius 1 is 1.44 bits per heavy atom. The number of benzene rings is 1. The molecular weight excluding hydrogens is 224 g/mol. The fourth-order valence-corrected chi connectivity index (χ4v) is 2.80. The van der Waals surface area contributed by atoms with Crippen molar-refractivity contribution in [1.82, 2.24) is 5.32 Å². The van der Waals surface area contributed by atoms with Gasteiger partial charge in [-0.05, 0) is 48.4 Å². The van der Waals surface area contributed by atoms with Gasteiger partial charge in [-0.1, -0.05) is 13.3 Å². The molecule has 1 heterocycles. The van der Waals surface area contributed by atoms with Gasteiger partial charge >= 0.3 is 0 Å². The van der Waals surface area contributed by atoms with Crippen LogP contribution in [0.3, 0.4) is 0 Å². The molecule has 0 spiro atoms. The molecule has 0 bridgehead atoms. The van der Waals surface area contributed by atoms with E-state index < -0.39 is 0 Å². The molecule has 18 heavy (non-hydrogen) atoms. The van der Waals surface area contributed by atoms with Crippen molar-refractivity contribution in [2.45, 2.75) is 32.6 Å². The Bertz CT molecular complexity index is 477. The standard InChI is InChI=1S/C15H20N2O/c1-15(6-2-7-15)10-17-14(18)12-3-4-13-11(9-12)5-8-16-13/h3-4,9,16H,2,5-8,10H2,1H3,(H,17,18). The number of hydrogen-bond donors (Lipinski definition) is 2. The van der Waals surface area contributed by atoms with Gasteiger partial charge < -0.3 is 10.6 Å². The summed E-state index contributed by atoms with van der Waals surface area (Å²) < 4.78 is 0. The summed E-state index contributed by atoms with van der Waals surface area (Å²) in [5, 5.41) is 6.38. The summed E-state index contributed by atoms with van der Waals surface area (Å²) in [6.07, 6.45) is 4.80. The van der Waals surface area contributed by atoms with Crippen LogP contribution in [0.1, 0.15) is 42.1 Å². The second-order valence-electron chi connectivity index (χ2n) is 5.90. The second kappa shape index (κ2) is 4.30. The summed E-state index contributed by atoms with van der Waals surface area (Å²) >= 11 is 0. The Morgan fingerprint density at radius 3 is 3.00 bits per heavy atom. The van der Waals surface area contributed by atoms with Gasteiger partial charge in [0, 0.05) is 24.3 Å². The molecule has 1 amide bonds. The maximum Gasteiger partial charge on any atom is 0.251 e. The summed E-state index contributed by atoms with van der Waals surface area (Å²) in [5.41, 5.74) is 3.57. The number of amides is 1. The highest BCUT2D eigenvalue weighted by Gasteiger charge is 2.31. The molecule has 2 N–H and O–H groups in total. The molecule has 1 saturated carbocycles. The van der Waals surface area contributed by atoms with E-state index in [0.29, 0.717) is 5.41 Å². The van der Waals surface area contributed by atoms with Crippen molar-refractivity contribution in [3.63, 3.8) is 0 Å². The first-order chi connectivity index (χ1) is 8.66. The van der Waals surface area contributed by atoms with Crippen molar-refractivity contribution >= 4 is 11.6 Å². The number of carbonyl (C=O) groups is 1. The molecule has 3 heteroatoms. The molecule has 0 saturated heterocycles. The topological polar surface area (TPSA) is 41.1 Å². The Hall–Kier alpha value is -1.51. The fraction of sp³-hybridized carbons (Fsp3) is 0.533. The molecule has 1 aromatic rings. The van der Waals surface area contributed by atoms with Gasteiger partial charge in [-0.15, -0.1) is 0 Å². The van der Waals surface area contributed by atoms with Crippen molar-refractivity contribution in [2.24, 2.45) is 5.41 Å².